The van der Waals surface area contributed by atoms with Crippen LogP contribution in [0.15, 0.2) is 88.8 Å². The van der Waals surface area contributed by atoms with Crippen molar-refractivity contribution in [3.05, 3.63) is 116 Å². The van der Waals surface area contributed by atoms with Gasteiger partial charge in [-0.25, -0.2) is 10.1 Å². The van der Waals surface area contributed by atoms with Crippen molar-refractivity contribution >= 4 is 28.6 Å². The maximum absolute atomic E-state index is 12.9. The zero-order chi connectivity index (χ0) is 22.5. The number of hydrogen-bond donors (Lipinski definition) is 1. The molecule has 158 valence electrons. The van der Waals surface area contributed by atoms with Gasteiger partial charge in [-0.2, -0.15) is 10.2 Å². The van der Waals surface area contributed by atoms with Crippen molar-refractivity contribution < 1.29 is 9.72 Å². The third kappa shape index (κ3) is 4.26. The van der Waals surface area contributed by atoms with E-state index in [-0.39, 0.29) is 29.0 Å². The van der Waals surface area contributed by atoms with E-state index in [1.807, 2.05) is 30.3 Å². The molecule has 9 heteroatoms. The maximum Gasteiger partial charge on any atom is 0.292 e. The molecule has 1 heterocycles. The van der Waals surface area contributed by atoms with E-state index in [0.717, 1.165) is 5.56 Å². The van der Waals surface area contributed by atoms with Crippen LogP contribution in [-0.4, -0.2) is 26.8 Å². The van der Waals surface area contributed by atoms with Crippen molar-refractivity contribution in [1.82, 2.24) is 15.2 Å². The summed E-state index contributed by atoms with van der Waals surface area (Å²) in [5.41, 5.74) is 3.02. The molecule has 1 amide bonds. The summed E-state index contributed by atoms with van der Waals surface area (Å²) in [5, 5.41) is 20.0. The van der Waals surface area contributed by atoms with Crippen molar-refractivity contribution in [2.75, 3.05) is 0 Å². The molecule has 1 aromatic heterocycles. The van der Waals surface area contributed by atoms with Crippen LogP contribution in [0.1, 0.15) is 21.6 Å². The summed E-state index contributed by atoms with van der Waals surface area (Å²) >= 11 is 0. The van der Waals surface area contributed by atoms with Crippen molar-refractivity contribution in [2.45, 2.75) is 6.54 Å². The minimum absolute atomic E-state index is 0.0239. The number of para-hydroxylation sites is 1. The van der Waals surface area contributed by atoms with E-state index in [9.17, 15) is 19.7 Å². The van der Waals surface area contributed by atoms with Gasteiger partial charge < -0.3 is 0 Å². The van der Waals surface area contributed by atoms with E-state index in [2.05, 4.69) is 15.6 Å². The lowest BCUT2D eigenvalue weighted by Gasteiger charge is -2.10. The van der Waals surface area contributed by atoms with Gasteiger partial charge in [0.1, 0.15) is 0 Å². The highest BCUT2D eigenvalue weighted by atomic mass is 16.6. The summed E-state index contributed by atoms with van der Waals surface area (Å²) in [5.74, 6) is -0.641. The monoisotopic (exact) mass is 427 g/mol. The van der Waals surface area contributed by atoms with Crippen LogP contribution in [0.25, 0.3) is 10.8 Å². The number of fused-ring (bicyclic) bond motifs is 1. The molecular weight excluding hydrogens is 410 g/mol. The molecule has 4 aromatic rings. The van der Waals surface area contributed by atoms with Crippen LogP contribution in [0.4, 0.5) is 5.69 Å². The van der Waals surface area contributed by atoms with E-state index in [1.54, 1.807) is 36.4 Å². The number of carbonyl (C=O) groups is 1. The Kier molecular flexibility index (Phi) is 5.80. The molecule has 0 aliphatic heterocycles. The summed E-state index contributed by atoms with van der Waals surface area (Å²) < 4.78 is 1.23. The SMILES string of the molecule is O=C(N/N=C/c1ccccc1[N+](=O)[O-])c1nn(Cc2ccccc2)c(=O)c2ccccc12. The van der Waals surface area contributed by atoms with Gasteiger partial charge in [-0.05, 0) is 17.7 Å². The first-order chi connectivity index (χ1) is 15.5. The summed E-state index contributed by atoms with van der Waals surface area (Å²) in [4.78, 5) is 36.3. The minimum atomic E-state index is -0.641. The Morgan fingerprint density at radius 3 is 2.41 bits per heavy atom. The Morgan fingerprint density at radius 1 is 1.00 bits per heavy atom. The van der Waals surface area contributed by atoms with Crippen LogP contribution in [0.3, 0.4) is 0 Å². The molecule has 0 saturated heterocycles. The lowest BCUT2D eigenvalue weighted by molar-refractivity contribution is -0.385. The first kappa shape index (κ1) is 20.6. The normalized spacial score (nSPS) is 11.0. The topological polar surface area (TPSA) is 119 Å². The average Bonchev–Trinajstić information content (AvgIpc) is 2.81. The molecule has 0 saturated carbocycles. The van der Waals surface area contributed by atoms with Crippen LogP contribution in [0.2, 0.25) is 0 Å². The number of benzene rings is 3. The van der Waals surface area contributed by atoms with E-state index in [4.69, 9.17) is 0 Å². The number of nitro groups is 1. The molecule has 0 spiro atoms. The third-order valence-corrected chi connectivity index (χ3v) is 4.76. The van der Waals surface area contributed by atoms with Crippen molar-refractivity contribution in [3.8, 4) is 0 Å². The number of amides is 1. The van der Waals surface area contributed by atoms with Crippen LogP contribution in [0.5, 0.6) is 0 Å². The van der Waals surface area contributed by atoms with Gasteiger partial charge in [0.2, 0.25) is 0 Å². The number of rotatable bonds is 6. The van der Waals surface area contributed by atoms with Gasteiger partial charge in [-0.1, -0.05) is 60.7 Å². The molecule has 9 nitrogen and oxygen atoms in total. The molecule has 4 rings (SSSR count). The molecule has 0 aliphatic carbocycles. The van der Waals surface area contributed by atoms with Gasteiger partial charge in [0.05, 0.1) is 28.6 Å². The quantitative estimate of drug-likeness (QED) is 0.288. The predicted molar refractivity (Wildman–Crippen MR) is 120 cm³/mol. The molecule has 0 aliphatic rings. The summed E-state index contributed by atoms with van der Waals surface area (Å²) in [6.45, 7) is 0.199. The Bertz CT molecular complexity index is 1400. The smallest absolute Gasteiger partial charge is 0.267 e. The maximum atomic E-state index is 12.9. The standard InChI is InChI=1S/C23H17N5O4/c29-22(25-24-14-17-10-4-7-13-20(17)28(31)32)21-18-11-5-6-12-19(18)23(30)27(26-21)15-16-8-2-1-3-9-16/h1-14H,15H2,(H,25,29)/b24-14+. The fourth-order valence-electron chi connectivity index (χ4n) is 3.24. The zero-order valence-corrected chi connectivity index (χ0v) is 16.7. The molecule has 32 heavy (non-hydrogen) atoms. The largest absolute Gasteiger partial charge is 0.292 e. The molecule has 0 fully saturated rings. The van der Waals surface area contributed by atoms with Crippen molar-refractivity contribution in [3.63, 3.8) is 0 Å². The van der Waals surface area contributed by atoms with Gasteiger partial charge in [0, 0.05) is 11.5 Å². The zero-order valence-electron chi connectivity index (χ0n) is 16.7. The van der Waals surface area contributed by atoms with Gasteiger partial charge in [-0.3, -0.25) is 19.7 Å². The number of nitrogens with one attached hydrogen (secondary N) is 1. The molecule has 0 atom stereocenters. The Labute approximate surface area is 181 Å². The van der Waals surface area contributed by atoms with E-state index >= 15 is 0 Å². The number of aromatic nitrogens is 2. The van der Waals surface area contributed by atoms with Gasteiger partial charge in [0.15, 0.2) is 5.69 Å². The number of nitro benzene ring substituents is 1. The molecule has 1 N–H and O–H groups in total. The first-order valence-corrected chi connectivity index (χ1v) is 9.65. The predicted octanol–water partition coefficient (Wildman–Crippen LogP) is 3.12. The molecular formula is C23H17N5O4. The van der Waals surface area contributed by atoms with Crippen molar-refractivity contribution in [1.29, 1.82) is 0 Å². The summed E-state index contributed by atoms with van der Waals surface area (Å²) in [7, 11) is 0. The second-order valence-electron chi connectivity index (χ2n) is 6.86. The highest BCUT2D eigenvalue weighted by Crippen LogP contribution is 2.16. The van der Waals surface area contributed by atoms with Gasteiger partial charge >= 0.3 is 0 Å². The molecule has 0 unspecified atom stereocenters. The lowest BCUT2D eigenvalue weighted by atomic mass is 10.1. The number of carbonyl (C=O) groups excluding carboxylic acids is 1. The second kappa shape index (κ2) is 9.00. The van der Waals surface area contributed by atoms with Crippen molar-refractivity contribution in [2.24, 2.45) is 5.10 Å². The molecule has 3 aromatic carbocycles. The number of hydrogen-bond acceptors (Lipinski definition) is 6. The van der Waals surface area contributed by atoms with Crippen LogP contribution < -0.4 is 11.0 Å². The third-order valence-electron chi connectivity index (χ3n) is 4.76. The lowest BCUT2D eigenvalue weighted by Crippen LogP contribution is -2.29. The number of hydrazone groups is 1. The fraction of sp³-hybridized carbons (Fsp3) is 0.0435. The molecule has 0 bridgehead atoms. The Hall–Kier alpha value is -4.66. The first-order valence-electron chi connectivity index (χ1n) is 9.65. The van der Waals surface area contributed by atoms with Crippen LogP contribution in [0, 0.1) is 10.1 Å². The van der Waals surface area contributed by atoms with Gasteiger partial charge in [-0.15, -0.1) is 0 Å². The second-order valence-corrected chi connectivity index (χ2v) is 6.86. The Morgan fingerprint density at radius 2 is 1.66 bits per heavy atom. The fourth-order valence-corrected chi connectivity index (χ4v) is 3.24. The summed E-state index contributed by atoms with van der Waals surface area (Å²) in [6.07, 6.45) is 1.19. The average molecular weight is 427 g/mol. The highest BCUT2D eigenvalue weighted by molar-refractivity contribution is 6.05. The Balaban J connectivity index is 1.67. The highest BCUT2D eigenvalue weighted by Gasteiger charge is 2.17. The number of nitrogens with zero attached hydrogens (tertiary/aromatic N) is 4. The van der Waals surface area contributed by atoms with Crippen LogP contribution in [-0.2, 0) is 6.54 Å². The van der Waals surface area contributed by atoms with E-state index in [1.165, 1.54) is 23.0 Å². The van der Waals surface area contributed by atoms with E-state index < -0.39 is 10.8 Å². The molecule has 0 radical (unpaired) electrons. The van der Waals surface area contributed by atoms with Gasteiger partial charge in [0.25, 0.3) is 17.2 Å². The van der Waals surface area contributed by atoms with Crippen LogP contribution >= 0.6 is 0 Å². The minimum Gasteiger partial charge on any atom is -0.267 e. The van der Waals surface area contributed by atoms with E-state index in [0.29, 0.717) is 10.8 Å². The summed E-state index contributed by atoms with van der Waals surface area (Å²) in [6, 6.07) is 22.0.